The lowest BCUT2D eigenvalue weighted by molar-refractivity contribution is 0.973. The molecule has 2 aromatic rings. The van der Waals surface area contributed by atoms with Crippen LogP contribution in [0, 0.1) is 13.8 Å². The number of aromatic nitrogens is 2. The van der Waals surface area contributed by atoms with Crippen molar-refractivity contribution in [3.63, 3.8) is 0 Å². The molecule has 0 spiro atoms. The summed E-state index contributed by atoms with van der Waals surface area (Å²) in [6.07, 6.45) is 0.857. The standard InChI is InChI=1S/C13H13ClN2/c1-9-12(10(2)16-13(14)15-9)8-11-6-4-3-5-7-11/h3-7H,8H2,1-2H3. The van der Waals surface area contributed by atoms with Crippen molar-refractivity contribution < 1.29 is 0 Å². The van der Waals surface area contributed by atoms with Gasteiger partial charge in [-0.05, 0) is 36.6 Å². The van der Waals surface area contributed by atoms with Gasteiger partial charge in [0.25, 0.3) is 0 Å². The van der Waals surface area contributed by atoms with Crippen LogP contribution in [-0.2, 0) is 6.42 Å². The summed E-state index contributed by atoms with van der Waals surface area (Å²) in [7, 11) is 0. The highest BCUT2D eigenvalue weighted by molar-refractivity contribution is 6.28. The lowest BCUT2D eigenvalue weighted by Gasteiger charge is -2.08. The van der Waals surface area contributed by atoms with Crippen molar-refractivity contribution in [3.05, 3.63) is 58.1 Å². The number of halogens is 1. The van der Waals surface area contributed by atoms with E-state index in [4.69, 9.17) is 11.6 Å². The number of nitrogens with zero attached hydrogens (tertiary/aromatic N) is 2. The Morgan fingerprint density at radius 3 is 2.12 bits per heavy atom. The van der Waals surface area contributed by atoms with E-state index in [9.17, 15) is 0 Å². The maximum absolute atomic E-state index is 5.80. The van der Waals surface area contributed by atoms with Crippen LogP contribution in [0.3, 0.4) is 0 Å². The monoisotopic (exact) mass is 232 g/mol. The predicted molar refractivity (Wildman–Crippen MR) is 65.8 cm³/mol. The van der Waals surface area contributed by atoms with E-state index in [0.717, 1.165) is 23.4 Å². The van der Waals surface area contributed by atoms with Crippen LogP contribution in [0.25, 0.3) is 0 Å². The largest absolute Gasteiger partial charge is 0.223 e. The van der Waals surface area contributed by atoms with Gasteiger partial charge < -0.3 is 0 Å². The van der Waals surface area contributed by atoms with Crippen LogP contribution in [-0.4, -0.2) is 9.97 Å². The van der Waals surface area contributed by atoms with Crippen molar-refractivity contribution in [2.24, 2.45) is 0 Å². The van der Waals surface area contributed by atoms with Gasteiger partial charge in [-0.25, -0.2) is 9.97 Å². The number of aryl methyl sites for hydroxylation is 2. The fourth-order valence-corrected chi connectivity index (χ4v) is 2.01. The molecule has 0 saturated carbocycles. The Morgan fingerprint density at radius 1 is 1.00 bits per heavy atom. The van der Waals surface area contributed by atoms with Crippen LogP contribution in [0.2, 0.25) is 5.28 Å². The molecule has 3 heteroatoms. The van der Waals surface area contributed by atoms with Gasteiger partial charge in [0.05, 0.1) is 0 Å². The topological polar surface area (TPSA) is 25.8 Å². The van der Waals surface area contributed by atoms with E-state index in [1.807, 2.05) is 32.0 Å². The molecule has 0 bridgehead atoms. The SMILES string of the molecule is Cc1nc(Cl)nc(C)c1Cc1ccccc1. The maximum Gasteiger partial charge on any atom is 0.222 e. The summed E-state index contributed by atoms with van der Waals surface area (Å²) in [5.41, 5.74) is 4.35. The number of hydrogen-bond donors (Lipinski definition) is 0. The van der Waals surface area contributed by atoms with E-state index >= 15 is 0 Å². The second kappa shape index (κ2) is 4.62. The van der Waals surface area contributed by atoms with Crippen LogP contribution < -0.4 is 0 Å². The summed E-state index contributed by atoms with van der Waals surface area (Å²) >= 11 is 5.80. The van der Waals surface area contributed by atoms with Crippen molar-refractivity contribution in [2.75, 3.05) is 0 Å². The van der Waals surface area contributed by atoms with Gasteiger partial charge in [-0.1, -0.05) is 30.3 Å². The average Bonchev–Trinajstić information content (AvgIpc) is 2.25. The van der Waals surface area contributed by atoms with E-state index < -0.39 is 0 Å². The molecule has 0 aliphatic rings. The molecule has 16 heavy (non-hydrogen) atoms. The first-order valence-corrected chi connectivity index (χ1v) is 5.58. The van der Waals surface area contributed by atoms with Crippen LogP contribution in [0.5, 0.6) is 0 Å². The first-order valence-electron chi connectivity index (χ1n) is 5.20. The lowest BCUT2D eigenvalue weighted by atomic mass is 10.0. The van der Waals surface area contributed by atoms with Gasteiger partial charge in [-0.15, -0.1) is 0 Å². The van der Waals surface area contributed by atoms with Crippen molar-refractivity contribution in [3.8, 4) is 0 Å². The maximum atomic E-state index is 5.80. The Balaban J connectivity index is 2.35. The minimum absolute atomic E-state index is 0.326. The Labute approximate surface area is 100 Å². The lowest BCUT2D eigenvalue weighted by Crippen LogP contribution is -2.01. The summed E-state index contributed by atoms with van der Waals surface area (Å²) in [5, 5.41) is 0.326. The molecule has 0 saturated heterocycles. The molecule has 2 rings (SSSR count). The first-order chi connectivity index (χ1) is 7.66. The van der Waals surface area contributed by atoms with E-state index in [1.54, 1.807) is 0 Å². The highest BCUT2D eigenvalue weighted by Gasteiger charge is 2.07. The van der Waals surface area contributed by atoms with E-state index in [0.29, 0.717) is 5.28 Å². The zero-order chi connectivity index (χ0) is 11.5. The molecule has 1 heterocycles. The van der Waals surface area contributed by atoms with Crippen LogP contribution in [0.4, 0.5) is 0 Å². The molecule has 0 aliphatic carbocycles. The second-order valence-electron chi connectivity index (χ2n) is 3.80. The fourth-order valence-electron chi connectivity index (χ4n) is 1.75. The summed E-state index contributed by atoms with van der Waals surface area (Å²) in [6.45, 7) is 3.94. The molecule has 0 unspecified atom stereocenters. The van der Waals surface area contributed by atoms with Gasteiger partial charge in [0.2, 0.25) is 5.28 Å². The number of hydrogen-bond acceptors (Lipinski definition) is 2. The molecule has 1 aromatic heterocycles. The molecule has 2 nitrogen and oxygen atoms in total. The van der Waals surface area contributed by atoms with E-state index in [-0.39, 0.29) is 0 Å². The molecular weight excluding hydrogens is 220 g/mol. The Kier molecular flexibility index (Phi) is 3.20. The molecule has 0 radical (unpaired) electrons. The molecule has 0 amide bonds. The molecule has 82 valence electrons. The molecule has 1 aromatic carbocycles. The molecule has 0 atom stereocenters. The highest BCUT2D eigenvalue weighted by Crippen LogP contribution is 2.16. The summed E-state index contributed by atoms with van der Waals surface area (Å²) in [4.78, 5) is 8.37. The average molecular weight is 233 g/mol. The van der Waals surface area contributed by atoms with Crippen LogP contribution in [0.15, 0.2) is 30.3 Å². The zero-order valence-corrected chi connectivity index (χ0v) is 10.1. The third kappa shape index (κ3) is 2.39. The smallest absolute Gasteiger partial charge is 0.222 e. The van der Waals surface area contributed by atoms with Gasteiger partial charge in [0, 0.05) is 17.8 Å². The van der Waals surface area contributed by atoms with Crippen LogP contribution >= 0.6 is 11.6 Å². The van der Waals surface area contributed by atoms with Gasteiger partial charge in [0.15, 0.2) is 0 Å². The van der Waals surface area contributed by atoms with Crippen molar-refractivity contribution in [1.82, 2.24) is 9.97 Å². The van der Waals surface area contributed by atoms with Crippen LogP contribution in [0.1, 0.15) is 22.5 Å². The van der Waals surface area contributed by atoms with Crippen molar-refractivity contribution >= 4 is 11.6 Å². The van der Waals surface area contributed by atoms with Gasteiger partial charge in [-0.3, -0.25) is 0 Å². The Bertz CT molecular complexity index is 472. The number of rotatable bonds is 2. The van der Waals surface area contributed by atoms with Gasteiger partial charge >= 0.3 is 0 Å². The first kappa shape index (κ1) is 11.1. The minimum Gasteiger partial charge on any atom is -0.223 e. The minimum atomic E-state index is 0.326. The van der Waals surface area contributed by atoms with Gasteiger partial charge in [0.1, 0.15) is 0 Å². The number of benzene rings is 1. The highest BCUT2D eigenvalue weighted by atomic mass is 35.5. The Hall–Kier alpha value is -1.41. The van der Waals surface area contributed by atoms with E-state index in [2.05, 4.69) is 22.1 Å². The van der Waals surface area contributed by atoms with Gasteiger partial charge in [-0.2, -0.15) is 0 Å². The molecular formula is C13H13ClN2. The van der Waals surface area contributed by atoms with Crippen molar-refractivity contribution in [1.29, 1.82) is 0 Å². The van der Waals surface area contributed by atoms with Crippen molar-refractivity contribution in [2.45, 2.75) is 20.3 Å². The predicted octanol–water partition coefficient (Wildman–Crippen LogP) is 3.34. The zero-order valence-electron chi connectivity index (χ0n) is 9.37. The summed E-state index contributed by atoms with van der Waals surface area (Å²) < 4.78 is 0. The second-order valence-corrected chi connectivity index (χ2v) is 4.14. The fraction of sp³-hybridized carbons (Fsp3) is 0.231. The normalized spacial score (nSPS) is 10.4. The summed E-state index contributed by atoms with van der Waals surface area (Å²) in [5.74, 6) is 0. The molecule has 0 N–H and O–H groups in total. The third-order valence-electron chi connectivity index (χ3n) is 2.62. The molecule has 0 aliphatic heterocycles. The molecule has 0 fully saturated rings. The summed E-state index contributed by atoms with van der Waals surface area (Å²) in [6, 6.07) is 10.3. The quantitative estimate of drug-likeness (QED) is 0.743. The Morgan fingerprint density at radius 2 is 1.56 bits per heavy atom. The van der Waals surface area contributed by atoms with E-state index in [1.165, 1.54) is 5.56 Å². The third-order valence-corrected chi connectivity index (χ3v) is 2.79.